The van der Waals surface area contributed by atoms with Crippen molar-refractivity contribution in [1.82, 2.24) is 19.9 Å². The molecule has 8 nitrogen and oxygen atoms in total. The maximum Gasteiger partial charge on any atom is 0.330 e. The summed E-state index contributed by atoms with van der Waals surface area (Å²) in [5.41, 5.74) is 4.93. The van der Waals surface area contributed by atoms with Crippen molar-refractivity contribution in [3.63, 3.8) is 0 Å². The molecule has 0 atom stereocenters. The quantitative estimate of drug-likeness (QED) is 0.443. The molecule has 0 aliphatic carbocycles. The first kappa shape index (κ1) is 21.6. The second-order valence-electron chi connectivity index (χ2n) is 7.16. The third-order valence-electron chi connectivity index (χ3n) is 3.87. The van der Waals surface area contributed by atoms with Crippen LogP contribution in [0.15, 0.2) is 12.2 Å². The number of carbonyl (C=O) groups excluding carboxylic acids is 2. The average molecular weight is 416 g/mol. The zero-order valence-corrected chi connectivity index (χ0v) is 17.0. The number of aromatic nitrogens is 2. The van der Waals surface area contributed by atoms with E-state index in [1.807, 2.05) is 20.8 Å². The molecular weight excluding hydrogens is 393 g/mol. The molecule has 0 bridgehead atoms. The summed E-state index contributed by atoms with van der Waals surface area (Å²) in [6, 6.07) is 0. The first-order valence-corrected chi connectivity index (χ1v) is 9.22. The van der Waals surface area contributed by atoms with E-state index < -0.39 is 5.41 Å². The van der Waals surface area contributed by atoms with Gasteiger partial charge in [0.2, 0.25) is 5.95 Å². The fraction of sp³-hybridized carbons (Fsp3) is 0.529. The number of allylic oxidation sites excluding steroid dienone is 1. The summed E-state index contributed by atoms with van der Waals surface area (Å²) in [5.74, 6) is -0.723. The maximum absolute atomic E-state index is 12.2. The monoisotopic (exact) mass is 415 g/mol. The van der Waals surface area contributed by atoms with Crippen LogP contribution in [0, 0.1) is 5.41 Å². The summed E-state index contributed by atoms with van der Waals surface area (Å²) in [6.45, 7) is 8.65. The highest BCUT2D eigenvalue weighted by Gasteiger charge is 2.27. The zero-order chi connectivity index (χ0) is 20.2. The molecule has 1 aliphatic heterocycles. The highest BCUT2D eigenvalue weighted by atomic mass is 35.5. The normalized spacial score (nSPS) is 16.6. The number of nitrogens with zero attached hydrogens (tertiary/aromatic N) is 4. The predicted octanol–water partition coefficient (Wildman–Crippen LogP) is 2.23. The van der Waals surface area contributed by atoms with Crippen LogP contribution in [0.4, 0.5) is 5.95 Å². The lowest BCUT2D eigenvalue weighted by Crippen LogP contribution is -2.47. The van der Waals surface area contributed by atoms with Crippen molar-refractivity contribution in [1.29, 1.82) is 0 Å². The number of rotatable bonds is 5. The summed E-state index contributed by atoms with van der Waals surface area (Å²) in [4.78, 5) is 39.1. The van der Waals surface area contributed by atoms with Crippen molar-refractivity contribution < 1.29 is 14.4 Å². The van der Waals surface area contributed by atoms with Gasteiger partial charge >= 0.3 is 5.97 Å². The van der Waals surface area contributed by atoms with Gasteiger partial charge in [0.05, 0.1) is 11.0 Å². The summed E-state index contributed by atoms with van der Waals surface area (Å²) < 4.78 is 0. The van der Waals surface area contributed by atoms with Gasteiger partial charge in [-0.2, -0.15) is 0 Å². The minimum Gasteiger partial charge on any atom is -0.368 e. The van der Waals surface area contributed by atoms with Crippen LogP contribution >= 0.6 is 23.2 Å². The first-order chi connectivity index (χ1) is 12.6. The standard InChI is InChI=1S/C17H23Cl2N5O3/c1-17(2,3)15(26)27-24-9-7-23(8-10-24)6-4-5-11(25)12-13(18)21-16(20)22-14(12)19/h4-5H,6-10H2,1-3H3,(H2,20,21,22)/b5-4+. The molecule has 1 aromatic heterocycles. The van der Waals surface area contributed by atoms with Crippen LogP contribution in [0.2, 0.25) is 10.3 Å². The molecule has 1 saturated heterocycles. The molecule has 0 saturated carbocycles. The van der Waals surface area contributed by atoms with E-state index in [0.717, 1.165) is 0 Å². The number of hydrogen-bond donors (Lipinski definition) is 1. The summed E-state index contributed by atoms with van der Waals surface area (Å²) in [6.07, 6.45) is 3.11. The van der Waals surface area contributed by atoms with Gasteiger partial charge in [-0.05, 0) is 26.8 Å². The van der Waals surface area contributed by atoms with E-state index >= 15 is 0 Å². The second-order valence-corrected chi connectivity index (χ2v) is 7.88. The van der Waals surface area contributed by atoms with Crippen LogP contribution < -0.4 is 5.73 Å². The average Bonchev–Trinajstić information content (AvgIpc) is 2.54. The van der Waals surface area contributed by atoms with E-state index in [1.54, 1.807) is 11.1 Å². The Balaban J connectivity index is 1.83. The molecule has 2 rings (SSSR count). The highest BCUT2D eigenvalue weighted by molar-refractivity contribution is 6.39. The fourth-order valence-corrected chi connectivity index (χ4v) is 2.86. The lowest BCUT2D eigenvalue weighted by atomic mass is 9.98. The van der Waals surface area contributed by atoms with Crippen LogP contribution in [0.25, 0.3) is 0 Å². The van der Waals surface area contributed by atoms with Crippen LogP contribution in [-0.4, -0.2) is 64.4 Å². The van der Waals surface area contributed by atoms with E-state index in [1.165, 1.54) is 6.08 Å². The van der Waals surface area contributed by atoms with Gasteiger partial charge in [-0.25, -0.2) is 14.8 Å². The molecule has 0 radical (unpaired) electrons. The van der Waals surface area contributed by atoms with Crippen molar-refractivity contribution >= 4 is 40.9 Å². The molecule has 0 unspecified atom stereocenters. The molecule has 1 aliphatic rings. The Kier molecular flexibility index (Phi) is 7.16. The van der Waals surface area contributed by atoms with Crippen molar-refractivity contribution in [2.24, 2.45) is 5.41 Å². The fourth-order valence-electron chi connectivity index (χ4n) is 2.28. The number of nitrogens with two attached hydrogens (primary N) is 1. The van der Waals surface area contributed by atoms with Gasteiger partial charge in [0, 0.05) is 32.7 Å². The van der Waals surface area contributed by atoms with Gasteiger partial charge in [-0.3, -0.25) is 9.69 Å². The zero-order valence-electron chi connectivity index (χ0n) is 15.5. The molecule has 0 spiro atoms. The molecular formula is C17H23Cl2N5O3. The number of nitrogen functional groups attached to an aromatic ring is 1. The third kappa shape index (κ3) is 6.14. The number of halogens is 2. The highest BCUT2D eigenvalue weighted by Crippen LogP contribution is 2.23. The molecule has 0 amide bonds. The Hall–Kier alpha value is -1.74. The smallest absolute Gasteiger partial charge is 0.330 e. The topological polar surface area (TPSA) is 102 Å². The van der Waals surface area contributed by atoms with Crippen molar-refractivity contribution in [3.8, 4) is 0 Å². The van der Waals surface area contributed by atoms with E-state index in [9.17, 15) is 9.59 Å². The Morgan fingerprint density at radius 1 is 1.15 bits per heavy atom. The van der Waals surface area contributed by atoms with Crippen LogP contribution in [0.1, 0.15) is 31.1 Å². The molecule has 2 heterocycles. The van der Waals surface area contributed by atoms with Gasteiger partial charge in [-0.15, -0.1) is 5.06 Å². The van der Waals surface area contributed by atoms with E-state index in [2.05, 4.69) is 14.9 Å². The summed E-state index contributed by atoms with van der Waals surface area (Å²) in [7, 11) is 0. The summed E-state index contributed by atoms with van der Waals surface area (Å²) >= 11 is 11.8. The minimum atomic E-state index is -0.533. The molecule has 1 aromatic rings. The number of carbonyl (C=O) groups is 2. The number of ketones is 1. The second kappa shape index (κ2) is 8.97. The van der Waals surface area contributed by atoms with Crippen LogP contribution in [0.5, 0.6) is 0 Å². The molecule has 0 aromatic carbocycles. The van der Waals surface area contributed by atoms with E-state index in [4.69, 9.17) is 33.8 Å². The van der Waals surface area contributed by atoms with E-state index in [0.29, 0.717) is 32.7 Å². The predicted molar refractivity (Wildman–Crippen MR) is 103 cm³/mol. The number of hydrogen-bond acceptors (Lipinski definition) is 8. The molecule has 27 heavy (non-hydrogen) atoms. The van der Waals surface area contributed by atoms with Crippen molar-refractivity contribution in [2.75, 3.05) is 38.5 Å². The van der Waals surface area contributed by atoms with Gasteiger partial charge in [0.1, 0.15) is 10.3 Å². The maximum atomic E-state index is 12.2. The number of hydroxylamine groups is 2. The van der Waals surface area contributed by atoms with Gasteiger partial charge < -0.3 is 10.6 Å². The van der Waals surface area contributed by atoms with Crippen LogP contribution in [-0.2, 0) is 9.63 Å². The minimum absolute atomic E-state index is 0.0303. The first-order valence-electron chi connectivity index (χ1n) is 8.47. The number of piperazine rings is 1. The molecule has 10 heteroatoms. The lowest BCUT2D eigenvalue weighted by molar-refractivity contribution is -0.206. The van der Waals surface area contributed by atoms with E-state index in [-0.39, 0.29) is 33.6 Å². The van der Waals surface area contributed by atoms with Crippen LogP contribution in [0.3, 0.4) is 0 Å². The summed E-state index contributed by atoms with van der Waals surface area (Å²) in [5, 5.41) is 1.53. The Labute approximate surface area is 168 Å². The van der Waals surface area contributed by atoms with Crippen molar-refractivity contribution in [3.05, 3.63) is 28.0 Å². The van der Waals surface area contributed by atoms with Gasteiger partial charge in [0.25, 0.3) is 0 Å². The Morgan fingerprint density at radius 2 is 1.70 bits per heavy atom. The largest absolute Gasteiger partial charge is 0.368 e. The van der Waals surface area contributed by atoms with Gasteiger partial charge in [-0.1, -0.05) is 29.3 Å². The van der Waals surface area contributed by atoms with Crippen molar-refractivity contribution in [2.45, 2.75) is 20.8 Å². The Morgan fingerprint density at radius 3 is 2.22 bits per heavy atom. The number of anilines is 1. The Bertz CT molecular complexity index is 718. The van der Waals surface area contributed by atoms with Gasteiger partial charge in [0.15, 0.2) is 5.78 Å². The lowest BCUT2D eigenvalue weighted by Gasteiger charge is -2.33. The third-order valence-corrected chi connectivity index (χ3v) is 4.42. The molecule has 2 N–H and O–H groups in total. The SMILES string of the molecule is CC(C)(C)C(=O)ON1CCN(C/C=C/C(=O)c2c(Cl)nc(N)nc2Cl)CC1. The molecule has 148 valence electrons. The molecule has 1 fully saturated rings.